The van der Waals surface area contributed by atoms with E-state index in [4.69, 9.17) is 14.2 Å². The Labute approximate surface area is 436 Å². The Bertz CT molecular complexity index is 1550. The van der Waals surface area contributed by atoms with Crippen LogP contribution >= 0.6 is 0 Å². The summed E-state index contributed by atoms with van der Waals surface area (Å²) in [6, 6.07) is 0. The van der Waals surface area contributed by atoms with E-state index in [1.165, 1.54) is 77.0 Å². The number of unbranched alkanes of at least 4 members (excludes halogenated alkanes) is 17. The normalized spacial score (nSPS) is 13.1. The summed E-state index contributed by atoms with van der Waals surface area (Å²) in [6.07, 6.45) is 81.6. The van der Waals surface area contributed by atoms with Gasteiger partial charge in [-0.25, -0.2) is 0 Å². The van der Waals surface area contributed by atoms with Crippen molar-refractivity contribution in [3.63, 3.8) is 0 Å². The third kappa shape index (κ3) is 56.3. The Morgan fingerprint density at radius 2 is 0.535 bits per heavy atom. The summed E-state index contributed by atoms with van der Waals surface area (Å²) in [5, 5.41) is 0. The highest BCUT2D eigenvalue weighted by Crippen LogP contribution is 2.12. The van der Waals surface area contributed by atoms with Crippen LogP contribution in [0.25, 0.3) is 0 Å². The number of esters is 3. The molecule has 0 rings (SSSR count). The molecule has 0 radical (unpaired) electrons. The number of hydrogen-bond acceptors (Lipinski definition) is 6. The van der Waals surface area contributed by atoms with E-state index >= 15 is 0 Å². The van der Waals surface area contributed by atoms with Crippen LogP contribution in [0.3, 0.4) is 0 Å². The van der Waals surface area contributed by atoms with Gasteiger partial charge in [-0.15, -0.1) is 0 Å². The highest BCUT2D eigenvalue weighted by atomic mass is 16.6. The van der Waals surface area contributed by atoms with Crippen LogP contribution in [0.5, 0.6) is 0 Å². The van der Waals surface area contributed by atoms with E-state index in [1.807, 2.05) is 12.2 Å². The average Bonchev–Trinajstić information content (AvgIpc) is 3.37. The van der Waals surface area contributed by atoms with Crippen LogP contribution in [0.2, 0.25) is 0 Å². The molecule has 0 aliphatic heterocycles. The van der Waals surface area contributed by atoms with Crippen molar-refractivity contribution in [1.82, 2.24) is 0 Å². The summed E-state index contributed by atoms with van der Waals surface area (Å²) < 4.78 is 16.7. The molecule has 0 fully saturated rings. The van der Waals surface area contributed by atoms with E-state index in [0.29, 0.717) is 19.3 Å². The van der Waals surface area contributed by atoms with Crippen molar-refractivity contribution in [3.8, 4) is 0 Å². The minimum absolute atomic E-state index is 0.130. The third-order valence-corrected chi connectivity index (χ3v) is 11.6. The maximum Gasteiger partial charge on any atom is 0.306 e. The monoisotopic (exact) mass is 981 g/mol. The molecular weight excluding hydrogens is 877 g/mol. The van der Waals surface area contributed by atoms with E-state index in [1.54, 1.807) is 0 Å². The molecule has 400 valence electrons. The number of allylic oxidation sites excluding steroid dienone is 22. The lowest BCUT2D eigenvalue weighted by molar-refractivity contribution is -0.166. The molecule has 71 heavy (non-hydrogen) atoms. The van der Waals surface area contributed by atoms with Crippen LogP contribution in [0.15, 0.2) is 134 Å². The lowest BCUT2D eigenvalue weighted by atomic mass is 10.1. The SMILES string of the molecule is CCCCC/C=C\C/C=C\C/C=C\C/C=C\C/C=C\CCC(=O)O[C@H](COC(=O)CCCCC/C=C\C/C=C\C/C=C\C/C=C\CCCCC)COC(=O)CCCCCCC/C=C\C/C=C\CCCCC. The number of ether oxygens (including phenoxy) is 3. The molecule has 0 saturated carbocycles. The van der Waals surface area contributed by atoms with Gasteiger partial charge in [0.25, 0.3) is 0 Å². The van der Waals surface area contributed by atoms with Crippen LogP contribution in [-0.2, 0) is 28.6 Å². The van der Waals surface area contributed by atoms with E-state index in [2.05, 4.69) is 142 Å². The van der Waals surface area contributed by atoms with Gasteiger partial charge >= 0.3 is 17.9 Å². The Kier molecular flexibility index (Phi) is 54.5. The molecule has 0 amide bonds. The zero-order valence-electron chi connectivity index (χ0n) is 45.7. The molecule has 0 heterocycles. The zero-order chi connectivity index (χ0) is 51.4. The van der Waals surface area contributed by atoms with Crippen LogP contribution in [0, 0.1) is 0 Å². The van der Waals surface area contributed by atoms with E-state index in [-0.39, 0.29) is 31.6 Å². The van der Waals surface area contributed by atoms with Gasteiger partial charge in [-0.2, -0.15) is 0 Å². The van der Waals surface area contributed by atoms with Crippen LogP contribution in [0.4, 0.5) is 0 Å². The van der Waals surface area contributed by atoms with Gasteiger partial charge in [0.2, 0.25) is 0 Å². The van der Waals surface area contributed by atoms with E-state index in [0.717, 1.165) is 116 Å². The van der Waals surface area contributed by atoms with E-state index < -0.39 is 12.1 Å². The number of hydrogen-bond donors (Lipinski definition) is 0. The maximum absolute atomic E-state index is 12.8. The Balaban J connectivity index is 4.61. The molecular formula is C65H104O6. The Morgan fingerprint density at radius 3 is 0.859 bits per heavy atom. The predicted octanol–water partition coefficient (Wildman–Crippen LogP) is 19.4. The van der Waals surface area contributed by atoms with Gasteiger partial charge in [-0.3, -0.25) is 14.4 Å². The molecule has 6 nitrogen and oxygen atoms in total. The topological polar surface area (TPSA) is 78.9 Å². The van der Waals surface area contributed by atoms with Gasteiger partial charge in [0.15, 0.2) is 6.10 Å². The largest absolute Gasteiger partial charge is 0.462 e. The lowest BCUT2D eigenvalue weighted by Crippen LogP contribution is -2.30. The Hall–Kier alpha value is -4.45. The smallest absolute Gasteiger partial charge is 0.306 e. The maximum atomic E-state index is 12.8. The van der Waals surface area contributed by atoms with Crippen molar-refractivity contribution in [2.45, 2.75) is 245 Å². The summed E-state index contributed by atoms with van der Waals surface area (Å²) in [5.74, 6) is -1.06. The van der Waals surface area contributed by atoms with Crippen LogP contribution in [-0.4, -0.2) is 37.2 Å². The van der Waals surface area contributed by atoms with Crippen molar-refractivity contribution in [2.24, 2.45) is 0 Å². The van der Waals surface area contributed by atoms with E-state index in [9.17, 15) is 14.4 Å². The molecule has 0 aromatic carbocycles. The fraction of sp³-hybridized carbons (Fsp3) is 0.615. The van der Waals surface area contributed by atoms with Gasteiger partial charge in [-0.05, 0) is 135 Å². The molecule has 0 N–H and O–H groups in total. The zero-order valence-corrected chi connectivity index (χ0v) is 45.7. The first-order valence-electron chi connectivity index (χ1n) is 28.7. The van der Waals surface area contributed by atoms with Gasteiger partial charge in [-0.1, -0.05) is 219 Å². The molecule has 0 aliphatic rings. The molecule has 1 atom stereocenters. The predicted molar refractivity (Wildman–Crippen MR) is 306 cm³/mol. The molecule has 6 heteroatoms. The molecule has 0 bridgehead atoms. The van der Waals surface area contributed by atoms with Crippen molar-refractivity contribution in [3.05, 3.63) is 134 Å². The summed E-state index contributed by atoms with van der Waals surface area (Å²) in [4.78, 5) is 38.1. The quantitative estimate of drug-likeness (QED) is 0.0262. The lowest BCUT2D eigenvalue weighted by Gasteiger charge is -2.18. The number of rotatable bonds is 50. The third-order valence-electron chi connectivity index (χ3n) is 11.6. The fourth-order valence-corrected chi connectivity index (χ4v) is 7.26. The second kappa shape index (κ2) is 58.1. The summed E-state index contributed by atoms with van der Waals surface area (Å²) in [7, 11) is 0. The minimum atomic E-state index is -0.843. The number of carbonyl (C=O) groups excluding carboxylic acids is 3. The molecule has 0 aromatic heterocycles. The summed E-state index contributed by atoms with van der Waals surface area (Å²) in [5.41, 5.74) is 0. The van der Waals surface area contributed by atoms with Crippen LogP contribution < -0.4 is 0 Å². The second-order valence-electron chi connectivity index (χ2n) is 18.5. The first-order chi connectivity index (χ1) is 35.0. The van der Waals surface area contributed by atoms with Gasteiger partial charge in [0.05, 0.1) is 0 Å². The molecule has 0 aromatic rings. The van der Waals surface area contributed by atoms with Gasteiger partial charge < -0.3 is 14.2 Å². The first-order valence-corrected chi connectivity index (χ1v) is 28.7. The molecule has 0 unspecified atom stereocenters. The average molecular weight is 982 g/mol. The molecule has 0 saturated heterocycles. The highest BCUT2D eigenvalue weighted by Gasteiger charge is 2.19. The first kappa shape index (κ1) is 66.6. The minimum Gasteiger partial charge on any atom is -0.462 e. The van der Waals surface area contributed by atoms with Crippen molar-refractivity contribution < 1.29 is 28.6 Å². The van der Waals surface area contributed by atoms with Gasteiger partial charge in [0, 0.05) is 19.3 Å². The van der Waals surface area contributed by atoms with Gasteiger partial charge in [0.1, 0.15) is 13.2 Å². The second-order valence-corrected chi connectivity index (χ2v) is 18.5. The summed E-state index contributed by atoms with van der Waals surface area (Å²) in [6.45, 7) is 6.44. The van der Waals surface area contributed by atoms with Crippen molar-refractivity contribution >= 4 is 17.9 Å². The fourth-order valence-electron chi connectivity index (χ4n) is 7.26. The van der Waals surface area contributed by atoms with Crippen molar-refractivity contribution in [1.29, 1.82) is 0 Å². The number of carbonyl (C=O) groups is 3. The highest BCUT2D eigenvalue weighted by molar-refractivity contribution is 5.71. The summed E-state index contributed by atoms with van der Waals surface area (Å²) >= 11 is 0. The molecule has 0 aliphatic carbocycles. The molecule has 0 spiro atoms. The van der Waals surface area contributed by atoms with Crippen LogP contribution in [0.1, 0.15) is 239 Å². The van der Waals surface area contributed by atoms with Crippen molar-refractivity contribution in [2.75, 3.05) is 13.2 Å². The standard InChI is InChI=1S/C65H104O6/c1-4-7-10-13-16-19-22-25-28-30-32-34-37-40-43-46-49-52-55-58-64(67)70-61-62(60-69-63(66)57-54-51-48-45-42-39-36-27-24-21-18-15-12-9-6-3)71-65(68)59-56-53-50-47-44-41-38-35-33-31-29-26-23-20-17-14-11-8-5-2/h16-21,25-29,32-36,40-41,43-44,50,53,62H,4-15,22-24,30-31,37-39,42,45-49,51-52,54-61H2,1-3H3/b19-16-,20-17-,21-18-,28-25-,29-26-,34-32-,35-33-,36-27-,43-40-,44-41-,53-50-/t62-/m0/s1. The Morgan fingerprint density at radius 1 is 0.282 bits per heavy atom.